The topological polar surface area (TPSA) is 605 Å². The van der Waals surface area contributed by atoms with Gasteiger partial charge in [-0.1, -0.05) is 107 Å². The number of hydrogen-bond acceptors (Lipinski definition) is 23. The number of phenols is 1. The van der Waals surface area contributed by atoms with Crippen LogP contribution in [0.15, 0.2) is 90.1 Å². The Hall–Kier alpha value is -10.9. The van der Waals surface area contributed by atoms with Gasteiger partial charge < -0.3 is 105 Å². The number of carboxylic acids is 5. The number of carboxylic acid groups (broad SMARTS) is 5. The fourth-order valence-corrected chi connectivity index (χ4v) is 13.6. The van der Waals surface area contributed by atoms with E-state index >= 15 is 0 Å². The van der Waals surface area contributed by atoms with Crippen LogP contribution in [0.1, 0.15) is 94.7 Å². The lowest BCUT2D eigenvalue weighted by Crippen LogP contribution is -2.62. The maximum atomic E-state index is 15.0. The highest BCUT2D eigenvalue weighted by atomic mass is 16.4. The molecular weight excluding hydrogens is 1500 g/mol. The third-order valence-corrected chi connectivity index (χ3v) is 19.7. The number of amides is 8. The number of aromatic nitrogens is 1. The van der Waals surface area contributed by atoms with Crippen LogP contribution in [0.3, 0.4) is 0 Å². The number of aromatic hydroxyl groups is 1. The molecule has 2 heterocycles. The van der Waals surface area contributed by atoms with Crippen LogP contribution in [-0.2, 0) is 81.6 Å². The number of phenolic OH excluding ortho intramolecular Hbond substituents is 1. The van der Waals surface area contributed by atoms with E-state index in [-0.39, 0.29) is 127 Å². The average molecular weight is 1610 g/mol. The molecule has 1 aromatic heterocycles. The number of carbonyl (C=O) groups excluding carboxylic acids is 8. The number of aliphatic hydroxyl groups is 3. The zero-order valence-corrected chi connectivity index (χ0v) is 64.5. The predicted octanol–water partition coefficient (Wildman–Crippen LogP) is -3.85. The Bertz CT molecular complexity index is 3890. The summed E-state index contributed by atoms with van der Waals surface area (Å²) in [6.07, 6.45) is 1.54. The molecular formula is C76H111N17O22. The minimum atomic E-state index is -1.89. The highest BCUT2D eigenvalue weighted by Crippen LogP contribution is 2.28. The molecule has 39 heteroatoms. The van der Waals surface area contributed by atoms with Gasteiger partial charge in [0.05, 0.1) is 57.9 Å². The number of nitrogens with zero attached hydrogens (tertiary/aromatic N) is 5. The number of rotatable bonds is 45. The molecule has 6 rings (SSSR count). The molecule has 23 N–H and O–H groups in total. The van der Waals surface area contributed by atoms with E-state index in [0.29, 0.717) is 40.4 Å². The van der Waals surface area contributed by atoms with E-state index in [0.717, 1.165) is 19.3 Å². The van der Waals surface area contributed by atoms with Crippen LogP contribution in [-0.4, -0.2) is 313 Å². The third kappa shape index (κ3) is 33.2. The van der Waals surface area contributed by atoms with Crippen molar-refractivity contribution < 1.29 is 108 Å². The zero-order chi connectivity index (χ0) is 84.3. The van der Waals surface area contributed by atoms with Crippen LogP contribution < -0.4 is 59.3 Å². The number of aliphatic hydroxyl groups excluding tert-OH is 3. The number of hydrogen-bond donors (Lipinski definition) is 21. The second kappa shape index (κ2) is 47.7. The van der Waals surface area contributed by atoms with E-state index in [1.54, 1.807) is 84.4 Å². The molecule has 2 aliphatic rings. The number of nitrogens with two attached hydrogens (primary N) is 2. The van der Waals surface area contributed by atoms with Crippen molar-refractivity contribution in [1.82, 2.24) is 72.4 Å². The van der Waals surface area contributed by atoms with Crippen LogP contribution in [0, 0.1) is 11.8 Å². The Kier molecular flexibility index (Phi) is 38.5. The van der Waals surface area contributed by atoms with Gasteiger partial charge in [0.1, 0.15) is 54.3 Å². The molecule has 1 aliphatic carbocycles. The molecule has 1 saturated carbocycles. The molecule has 0 spiro atoms. The summed E-state index contributed by atoms with van der Waals surface area (Å²) in [6.45, 7) is -0.0409. The van der Waals surface area contributed by atoms with Gasteiger partial charge in [0, 0.05) is 88.8 Å². The monoisotopic (exact) mass is 1610 g/mol. The second-order valence-electron chi connectivity index (χ2n) is 29.3. The SMILES string of the molecule is CC(C)C[C@@H](NC(=O)[C@H](Cc1ccc(O)cc1)NC(=O)C(CCCN=C(N)N)NC(=O)C(CO)NC(=O)C(Cc1ccccc1)NC(=O)[C@H](CC1CCCCC1)NC(=O)[C@@H](CC(=O)O)NC(=O)CN1CCN(CC(=O)O)CCN(CC(=O)O)CCN(CC(=O)O)CC1)C(O)N[C@@H](Cc1c[nH]c2ccccc12)C(=O)N[C@@H](CO)C(=O)O. The van der Waals surface area contributed by atoms with Gasteiger partial charge in [0.2, 0.25) is 47.3 Å². The van der Waals surface area contributed by atoms with Crippen LogP contribution in [0.2, 0.25) is 0 Å². The van der Waals surface area contributed by atoms with Gasteiger partial charge in [-0.2, -0.15) is 0 Å². The van der Waals surface area contributed by atoms with Crippen molar-refractivity contribution in [3.8, 4) is 5.75 Å². The van der Waals surface area contributed by atoms with Crippen molar-refractivity contribution in [2.75, 3.05) is 98.3 Å². The molecule has 39 nitrogen and oxygen atoms in total. The summed E-state index contributed by atoms with van der Waals surface area (Å²) in [6, 6.07) is 6.56. The fourth-order valence-electron chi connectivity index (χ4n) is 13.6. The number of aliphatic imine (C=N–C) groups is 1. The van der Waals surface area contributed by atoms with Crippen molar-refractivity contribution in [2.24, 2.45) is 28.3 Å². The van der Waals surface area contributed by atoms with Gasteiger partial charge >= 0.3 is 29.8 Å². The van der Waals surface area contributed by atoms with Gasteiger partial charge in [-0.05, 0) is 78.8 Å². The van der Waals surface area contributed by atoms with Crippen molar-refractivity contribution in [1.29, 1.82) is 0 Å². The summed E-state index contributed by atoms with van der Waals surface area (Å²) in [4.78, 5) is 190. The zero-order valence-electron chi connectivity index (χ0n) is 64.5. The molecule has 632 valence electrons. The number of aromatic amines is 1. The molecule has 115 heavy (non-hydrogen) atoms. The number of carbonyl (C=O) groups is 13. The summed E-state index contributed by atoms with van der Waals surface area (Å²) in [5.74, 6) is -15.5. The molecule has 3 aromatic carbocycles. The number of para-hydroxylation sites is 1. The predicted molar refractivity (Wildman–Crippen MR) is 416 cm³/mol. The largest absolute Gasteiger partial charge is 0.508 e. The number of H-pyrrole nitrogens is 1. The van der Waals surface area contributed by atoms with Crippen molar-refractivity contribution in [3.05, 3.63) is 102 Å². The first-order chi connectivity index (χ1) is 54.7. The van der Waals surface area contributed by atoms with Gasteiger partial charge in [-0.3, -0.25) is 87.4 Å². The first-order valence-electron chi connectivity index (χ1n) is 38.3. The van der Waals surface area contributed by atoms with Crippen LogP contribution in [0.25, 0.3) is 10.9 Å². The van der Waals surface area contributed by atoms with Crippen LogP contribution in [0.4, 0.5) is 0 Å². The molecule has 4 unspecified atom stereocenters. The maximum absolute atomic E-state index is 15.0. The van der Waals surface area contributed by atoms with Gasteiger partial charge in [-0.15, -0.1) is 0 Å². The Morgan fingerprint density at radius 3 is 1.47 bits per heavy atom. The summed E-state index contributed by atoms with van der Waals surface area (Å²) < 4.78 is 0. The summed E-state index contributed by atoms with van der Waals surface area (Å²) in [5, 5.41) is 116. The molecule has 10 atom stereocenters. The standard InChI is InChI=1S/C76H111N17O22/c1-45(2)32-54(68(107)87-58(72(111)89-61(44-95)75(114)115)36-49-38-80-52-17-10-9-16-51(49)52)83-69(108)57(35-48-19-21-50(96)22-20-48)84-67(106)53(18-11-23-79-76(77)78)82-74(113)60(43-94)88-71(110)56(34-47-14-7-4-8-15-47)85-70(109)55(33-46-12-5-3-6-13-46)86-73(112)59(37-63(98)99)81-62(97)39-90-24-26-91(40-64(100)101)28-30-93(42-66(104)105)31-29-92(27-25-90)41-65(102)103/h4,7-10,14-17,19-22,38,45-46,53-61,68,80,87,94-96,107H,3,5-6,11-13,18,23-37,39-44H2,1-2H3,(H,81,97)(H,82,113)(H,83,108)(H,84,106)(H,85,109)(H,86,112)(H,88,110)(H,89,111)(H,98,99)(H,100,101)(H,102,103)(H,104,105)(H,114,115)(H4,77,78,79)/t53?,54-,55+,56?,57+,58+,59-,60?,61+,68?/m1/s1. The van der Waals surface area contributed by atoms with Gasteiger partial charge in [0.25, 0.3) is 0 Å². The highest BCUT2D eigenvalue weighted by molar-refractivity contribution is 5.98. The molecule has 2 fully saturated rings. The fraction of sp³-hybridized carbons (Fsp3) is 0.553. The van der Waals surface area contributed by atoms with Crippen LogP contribution in [0.5, 0.6) is 5.75 Å². The Balaban J connectivity index is 1.24. The van der Waals surface area contributed by atoms with E-state index in [9.17, 15) is 108 Å². The van der Waals surface area contributed by atoms with E-state index in [1.807, 2.05) is 0 Å². The van der Waals surface area contributed by atoms with E-state index < -0.39 is 184 Å². The average Bonchev–Trinajstić information content (AvgIpc) is 1.72. The summed E-state index contributed by atoms with van der Waals surface area (Å²) in [7, 11) is 0. The first-order valence-corrected chi connectivity index (χ1v) is 38.3. The Labute approximate surface area is 664 Å². The van der Waals surface area contributed by atoms with Gasteiger partial charge in [0.15, 0.2) is 5.96 Å². The molecule has 1 aliphatic heterocycles. The number of aliphatic carboxylic acids is 5. The number of fused-ring (bicyclic) bond motifs is 1. The van der Waals surface area contributed by atoms with Crippen molar-refractivity contribution in [2.45, 2.75) is 158 Å². The Morgan fingerprint density at radius 2 is 0.948 bits per heavy atom. The van der Waals surface area contributed by atoms with E-state index in [1.165, 1.54) is 34.1 Å². The smallest absolute Gasteiger partial charge is 0.328 e. The van der Waals surface area contributed by atoms with E-state index in [2.05, 4.69) is 57.8 Å². The number of guanidine groups is 1. The highest BCUT2D eigenvalue weighted by Gasteiger charge is 2.38. The molecule has 4 aromatic rings. The minimum Gasteiger partial charge on any atom is -0.508 e. The van der Waals surface area contributed by atoms with Crippen LogP contribution >= 0.6 is 0 Å². The first kappa shape index (κ1) is 92.9. The quantitative estimate of drug-likeness (QED) is 0.00872. The number of nitrogens with one attached hydrogen (secondary N) is 10. The van der Waals surface area contributed by atoms with Crippen molar-refractivity contribution in [3.63, 3.8) is 0 Å². The summed E-state index contributed by atoms with van der Waals surface area (Å²) >= 11 is 0. The third-order valence-electron chi connectivity index (χ3n) is 19.7. The molecule has 8 amide bonds. The molecule has 0 bridgehead atoms. The Morgan fingerprint density at radius 1 is 0.496 bits per heavy atom. The lowest BCUT2D eigenvalue weighted by Gasteiger charge is -2.33. The summed E-state index contributed by atoms with van der Waals surface area (Å²) in [5.41, 5.74) is 13.4. The minimum absolute atomic E-state index is 0.000551. The van der Waals surface area contributed by atoms with E-state index in [4.69, 9.17) is 11.5 Å². The van der Waals surface area contributed by atoms with Crippen molar-refractivity contribution >= 4 is 94.0 Å². The van der Waals surface area contributed by atoms with Gasteiger partial charge in [-0.25, -0.2) is 4.79 Å². The lowest BCUT2D eigenvalue weighted by molar-refractivity contribution is -0.143. The second-order valence-corrected chi connectivity index (χ2v) is 29.3. The molecule has 1 saturated heterocycles. The maximum Gasteiger partial charge on any atom is 0.328 e. The normalized spacial score (nSPS) is 17.0. The molecule has 0 radical (unpaired) electrons. The number of benzene rings is 3. The lowest BCUT2D eigenvalue weighted by atomic mass is 9.84.